The van der Waals surface area contributed by atoms with E-state index in [1.54, 1.807) is 7.11 Å². The molecule has 0 heterocycles. The fourth-order valence-electron chi connectivity index (χ4n) is 1.28. The number of methoxy groups -OCH3 is 1. The summed E-state index contributed by atoms with van der Waals surface area (Å²) in [5, 5.41) is 3.79. The average molecular weight is 286 g/mol. The molecule has 0 aliphatic carbocycles. The number of benzene rings is 1. The minimum absolute atomic E-state index is 0.0612. The number of nitrogens with one attached hydrogen (secondary N) is 1. The molecule has 1 aromatic carbocycles. The molecule has 1 rings (SSSR count). The summed E-state index contributed by atoms with van der Waals surface area (Å²) in [5.41, 5.74) is 0.810. The van der Waals surface area contributed by atoms with Gasteiger partial charge in [-0.2, -0.15) is 0 Å². The van der Waals surface area contributed by atoms with E-state index in [2.05, 4.69) is 21.2 Å². The van der Waals surface area contributed by atoms with Crippen LogP contribution in [0.4, 0.5) is 5.69 Å². The van der Waals surface area contributed by atoms with Crippen molar-refractivity contribution in [2.75, 3.05) is 17.8 Å². The van der Waals surface area contributed by atoms with Gasteiger partial charge in [-0.05, 0) is 37.1 Å². The van der Waals surface area contributed by atoms with Crippen LogP contribution in [0.25, 0.3) is 0 Å². The number of carbonyl (C=O) groups is 1. The maximum Gasteiger partial charge on any atom is 0.224 e. The van der Waals surface area contributed by atoms with Crippen molar-refractivity contribution in [1.29, 1.82) is 0 Å². The maximum atomic E-state index is 11.5. The van der Waals surface area contributed by atoms with Crippen LogP contribution in [0.2, 0.25) is 0 Å². The Morgan fingerprint density at radius 1 is 1.31 bits per heavy atom. The van der Waals surface area contributed by atoms with Crippen LogP contribution >= 0.6 is 15.9 Å². The number of anilines is 1. The summed E-state index contributed by atoms with van der Waals surface area (Å²) in [6, 6.07) is 7.32. The lowest BCUT2D eigenvalue weighted by molar-refractivity contribution is -0.116. The van der Waals surface area contributed by atoms with Crippen molar-refractivity contribution in [3.8, 4) is 5.75 Å². The van der Waals surface area contributed by atoms with E-state index < -0.39 is 0 Å². The third kappa shape index (κ3) is 4.66. The number of alkyl halides is 1. The monoisotopic (exact) mass is 285 g/mol. The fraction of sp³-hybridized carbons (Fsp3) is 0.417. The van der Waals surface area contributed by atoms with E-state index in [-0.39, 0.29) is 5.91 Å². The van der Waals surface area contributed by atoms with Gasteiger partial charge < -0.3 is 10.1 Å². The van der Waals surface area contributed by atoms with Crippen molar-refractivity contribution < 1.29 is 9.53 Å². The third-order valence-corrected chi connectivity index (χ3v) is 2.72. The number of unbranched alkanes of at least 4 members (excludes halogenated alkanes) is 1. The van der Waals surface area contributed by atoms with Crippen molar-refractivity contribution in [2.45, 2.75) is 19.3 Å². The van der Waals surface area contributed by atoms with Crippen LogP contribution in [0.15, 0.2) is 24.3 Å². The van der Waals surface area contributed by atoms with Gasteiger partial charge in [0.05, 0.1) is 7.11 Å². The molecule has 4 heteroatoms. The van der Waals surface area contributed by atoms with Crippen LogP contribution in [0, 0.1) is 0 Å². The largest absolute Gasteiger partial charge is 0.497 e. The van der Waals surface area contributed by atoms with Crippen molar-refractivity contribution in [3.05, 3.63) is 24.3 Å². The van der Waals surface area contributed by atoms with Gasteiger partial charge in [0.25, 0.3) is 0 Å². The predicted molar refractivity (Wildman–Crippen MR) is 69.3 cm³/mol. The summed E-state index contributed by atoms with van der Waals surface area (Å²) in [6.07, 6.45) is 2.50. The van der Waals surface area contributed by atoms with E-state index in [1.807, 2.05) is 24.3 Å². The highest BCUT2D eigenvalue weighted by Crippen LogP contribution is 2.15. The molecular formula is C12H16BrNO2. The minimum atomic E-state index is 0.0612. The first kappa shape index (κ1) is 13.0. The molecule has 3 nitrogen and oxygen atoms in total. The SMILES string of the molecule is COc1ccc(NC(=O)CCCCBr)cc1. The van der Waals surface area contributed by atoms with E-state index >= 15 is 0 Å². The zero-order valence-corrected chi connectivity index (χ0v) is 10.9. The summed E-state index contributed by atoms with van der Waals surface area (Å²) in [4.78, 5) is 11.5. The standard InChI is InChI=1S/C12H16BrNO2/c1-16-11-7-5-10(6-8-11)14-12(15)4-2-3-9-13/h5-8H,2-4,9H2,1H3,(H,14,15). The van der Waals surface area contributed by atoms with Crippen LogP contribution in [0.5, 0.6) is 5.75 Å². The van der Waals surface area contributed by atoms with Gasteiger partial charge in [0.1, 0.15) is 5.75 Å². The van der Waals surface area contributed by atoms with Gasteiger partial charge in [-0.15, -0.1) is 0 Å². The smallest absolute Gasteiger partial charge is 0.224 e. The van der Waals surface area contributed by atoms with Crippen LogP contribution in [0.1, 0.15) is 19.3 Å². The van der Waals surface area contributed by atoms with Crippen LogP contribution in [-0.2, 0) is 4.79 Å². The van der Waals surface area contributed by atoms with Crippen molar-refractivity contribution in [3.63, 3.8) is 0 Å². The highest BCUT2D eigenvalue weighted by Gasteiger charge is 2.01. The number of hydrogen-bond acceptors (Lipinski definition) is 2. The molecule has 16 heavy (non-hydrogen) atoms. The summed E-state index contributed by atoms with van der Waals surface area (Å²) < 4.78 is 5.04. The molecule has 1 N–H and O–H groups in total. The zero-order valence-electron chi connectivity index (χ0n) is 9.33. The Balaban J connectivity index is 2.37. The van der Waals surface area contributed by atoms with E-state index in [9.17, 15) is 4.79 Å². The Morgan fingerprint density at radius 3 is 2.56 bits per heavy atom. The summed E-state index contributed by atoms with van der Waals surface area (Å²) in [7, 11) is 1.62. The second kappa shape index (κ2) is 7.28. The molecule has 0 atom stereocenters. The Labute approximate surface area is 104 Å². The highest BCUT2D eigenvalue weighted by molar-refractivity contribution is 9.09. The normalized spacial score (nSPS) is 9.88. The zero-order chi connectivity index (χ0) is 11.8. The van der Waals surface area contributed by atoms with E-state index in [0.29, 0.717) is 6.42 Å². The first-order valence-corrected chi connectivity index (χ1v) is 6.38. The molecule has 0 fully saturated rings. The molecule has 0 radical (unpaired) electrons. The first-order chi connectivity index (χ1) is 7.76. The summed E-state index contributed by atoms with van der Waals surface area (Å²) in [5.74, 6) is 0.850. The maximum absolute atomic E-state index is 11.5. The van der Waals surface area contributed by atoms with Gasteiger partial charge in [0.2, 0.25) is 5.91 Å². The second-order valence-corrected chi connectivity index (χ2v) is 4.22. The van der Waals surface area contributed by atoms with Gasteiger partial charge in [0, 0.05) is 17.4 Å². The summed E-state index contributed by atoms with van der Waals surface area (Å²) in [6.45, 7) is 0. The highest BCUT2D eigenvalue weighted by atomic mass is 79.9. The van der Waals surface area contributed by atoms with E-state index in [1.165, 1.54) is 0 Å². The predicted octanol–water partition coefficient (Wildman–Crippen LogP) is 3.20. The lowest BCUT2D eigenvalue weighted by atomic mass is 10.2. The molecule has 0 spiro atoms. The molecule has 0 aliphatic heterocycles. The molecule has 0 saturated carbocycles. The van der Waals surface area contributed by atoms with Crippen LogP contribution in [0.3, 0.4) is 0 Å². The van der Waals surface area contributed by atoms with E-state index in [4.69, 9.17) is 4.74 Å². The van der Waals surface area contributed by atoms with Gasteiger partial charge >= 0.3 is 0 Å². The summed E-state index contributed by atoms with van der Waals surface area (Å²) >= 11 is 3.34. The van der Waals surface area contributed by atoms with Gasteiger partial charge in [-0.3, -0.25) is 4.79 Å². The number of rotatable bonds is 6. The Hall–Kier alpha value is -1.03. The third-order valence-electron chi connectivity index (χ3n) is 2.16. The Morgan fingerprint density at radius 2 is 2.00 bits per heavy atom. The Bertz CT molecular complexity index is 324. The number of ether oxygens (including phenoxy) is 1. The number of halogens is 1. The molecular weight excluding hydrogens is 270 g/mol. The molecule has 0 aromatic heterocycles. The lowest BCUT2D eigenvalue weighted by Crippen LogP contribution is -2.10. The van der Waals surface area contributed by atoms with Crippen LogP contribution < -0.4 is 10.1 Å². The topological polar surface area (TPSA) is 38.3 Å². The van der Waals surface area contributed by atoms with Crippen molar-refractivity contribution in [1.82, 2.24) is 0 Å². The van der Waals surface area contributed by atoms with Gasteiger partial charge in [-0.1, -0.05) is 15.9 Å². The van der Waals surface area contributed by atoms with Crippen molar-refractivity contribution in [2.24, 2.45) is 0 Å². The number of amides is 1. The van der Waals surface area contributed by atoms with E-state index in [0.717, 1.165) is 29.6 Å². The van der Waals surface area contributed by atoms with Crippen molar-refractivity contribution >= 4 is 27.5 Å². The minimum Gasteiger partial charge on any atom is -0.497 e. The molecule has 0 unspecified atom stereocenters. The molecule has 1 aromatic rings. The molecule has 0 bridgehead atoms. The lowest BCUT2D eigenvalue weighted by Gasteiger charge is -2.05. The number of carbonyl (C=O) groups excluding carboxylic acids is 1. The Kier molecular flexibility index (Phi) is 5.93. The van der Waals surface area contributed by atoms with Gasteiger partial charge in [-0.25, -0.2) is 0 Å². The molecule has 1 amide bonds. The quantitative estimate of drug-likeness (QED) is 0.644. The molecule has 0 aliphatic rings. The number of hydrogen-bond donors (Lipinski definition) is 1. The first-order valence-electron chi connectivity index (χ1n) is 5.26. The van der Waals surface area contributed by atoms with Gasteiger partial charge in [0.15, 0.2) is 0 Å². The second-order valence-electron chi connectivity index (χ2n) is 3.42. The fourth-order valence-corrected chi connectivity index (χ4v) is 1.67. The average Bonchev–Trinajstić information content (AvgIpc) is 2.30. The molecule has 0 saturated heterocycles. The molecule has 88 valence electrons. The van der Waals surface area contributed by atoms with Crippen LogP contribution in [-0.4, -0.2) is 18.3 Å².